The molecule has 0 saturated carbocycles. The van der Waals surface area contributed by atoms with Gasteiger partial charge in [0, 0.05) is 9.75 Å². The molecule has 0 aromatic carbocycles. The molecule has 78 valence electrons. The van der Waals surface area contributed by atoms with Gasteiger partial charge >= 0.3 is 5.97 Å². The summed E-state index contributed by atoms with van der Waals surface area (Å²) >= 11 is 1.69. The molecule has 1 aromatic heterocycles. The molecular formula is C11H16O2S. The van der Waals surface area contributed by atoms with E-state index in [2.05, 4.69) is 0 Å². The van der Waals surface area contributed by atoms with Gasteiger partial charge in [0.15, 0.2) is 0 Å². The van der Waals surface area contributed by atoms with Gasteiger partial charge in [-0.05, 0) is 31.4 Å². The number of rotatable bonds is 4. The number of thiophene rings is 1. The molecule has 0 bridgehead atoms. The van der Waals surface area contributed by atoms with Crippen LogP contribution < -0.4 is 0 Å². The summed E-state index contributed by atoms with van der Waals surface area (Å²) in [5, 5.41) is 9.02. The molecule has 0 spiro atoms. The fourth-order valence-corrected chi connectivity index (χ4v) is 2.37. The fourth-order valence-electron chi connectivity index (χ4n) is 1.42. The van der Waals surface area contributed by atoms with Gasteiger partial charge in [0.2, 0.25) is 0 Å². The van der Waals surface area contributed by atoms with Gasteiger partial charge in [-0.2, -0.15) is 0 Å². The van der Waals surface area contributed by atoms with Crippen LogP contribution in [0.2, 0.25) is 0 Å². The second kappa shape index (κ2) is 4.60. The molecule has 0 aliphatic carbocycles. The SMILES string of the molecule is Cc1ccc(CC(C(=O)O)C(C)C)s1. The summed E-state index contributed by atoms with van der Waals surface area (Å²) in [5.74, 6) is -0.756. The van der Waals surface area contributed by atoms with Crippen molar-refractivity contribution in [2.45, 2.75) is 27.2 Å². The lowest BCUT2D eigenvalue weighted by Crippen LogP contribution is -2.21. The Labute approximate surface area is 88.6 Å². The number of carboxylic acid groups (broad SMARTS) is 1. The molecule has 0 fully saturated rings. The Kier molecular flexibility index (Phi) is 3.69. The van der Waals surface area contributed by atoms with Crippen molar-refractivity contribution in [3.63, 3.8) is 0 Å². The average molecular weight is 212 g/mol. The molecule has 1 rings (SSSR count). The van der Waals surface area contributed by atoms with Gasteiger partial charge in [-0.15, -0.1) is 11.3 Å². The summed E-state index contributed by atoms with van der Waals surface area (Å²) < 4.78 is 0. The average Bonchev–Trinajstić information content (AvgIpc) is 2.46. The van der Waals surface area contributed by atoms with E-state index in [9.17, 15) is 4.79 Å². The standard InChI is InChI=1S/C11H16O2S/c1-7(2)10(11(12)13)6-9-5-4-8(3)14-9/h4-5,7,10H,6H2,1-3H3,(H,12,13). The third-order valence-electron chi connectivity index (χ3n) is 2.34. The van der Waals surface area contributed by atoms with Crippen molar-refractivity contribution in [1.82, 2.24) is 0 Å². The Morgan fingerprint density at radius 1 is 1.50 bits per heavy atom. The van der Waals surface area contributed by atoms with E-state index in [0.717, 1.165) is 0 Å². The first kappa shape index (κ1) is 11.2. The van der Waals surface area contributed by atoms with Crippen LogP contribution in [-0.4, -0.2) is 11.1 Å². The zero-order valence-electron chi connectivity index (χ0n) is 8.78. The molecule has 0 radical (unpaired) electrons. The number of hydrogen-bond acceptors (Lipinski definition) is 2. The Morgan fingerprint density at radius 2 is 2.14 bits per heavy atom. The van der Waals surface area contributed by atoms with Crippen LogP contribution in [0.4, 0.5) is 0 Å². The molecule has 1 N–H and O–H groups in total. The van der Waals surface area contributed by atoms with Gasteiger partial charge in [0.25, 0.3) is 0 Å². The van der Waals surface area contributed by atoms with Gasteiger partial charge < -0.3 is 5.11 Å². The highest BCUT2D eigenvalue weighted by atomic mass is 32.1. The molecule has 0 aliphatic rings. The summed E-state index contributed by atoms with van der Waals surface area (Å²) in [6, 6.07) is 4.07. The van der Waals surface area contributed by atoms with Crippen LogP contribution in [0, 0.1) is 18.8 Å². The summed E-state index contributed by atoms with van der Waals surface area (Å²) in [7, 11) is 0. The van der Waals surface area contributed by atoms with Gasteiger partial charge in [0.05, 0.1) is 5.92 Å². The van der Waals surface area contributed by atoms with E-state index in [0.29, 0.717) is 6.42 Å². The minimum atomic E-state index is -0.689. The lowest BCUT2D eigenvalue weighted by atomic mass is 9.92. The predicted octanol–water partition coefficient (Wildman–Crippen LogP) is 2.96. The van der Waals surface area contributed by atoms with Gasteiger partial charge in [-0.3, -0.25) is 4.79 Å². The highest BCUT2D eigenvalue weighted by Crippen LogP contribution is 2.23. The fraction of sp³-hybridized carbons (Fsp3) is 0.545. The van der Waals surface area contributed by atoms with Gasteiger partial charge in [0.1, 0.15) is 0 Å². The van der Waals surface area contributed by atoms with E-state index in [-0.39, 0.29) is 11.8 Å². The molecule has 1 unspecified atom stereocenters. The maximum atomic E-state index is 11.0. The number of aryl methyl sites for hydroxylation is 1. The Balaban J connectivity index is 2.69. The molecule has 1 atom stereocenters. The summed E-state index contributed by atoms with van der Waals surface area (Å²) in [6.07, 6.45) is 0.658. The van der Waals surface area contributed by atoms with Gasteiger partial charge in [-0.25, -0.2) is 0 Å². The Morgan fingerprint density at radius 3 is 2.50 bits per heavy atom. The van der Waals surface area contributed by atoms with Crippen molar-refractivity contribution in [2.75, 3.05) is 0 Å². The molecule has 0 amide bonds. The number of carboxylic acids is 1. The van der Waals surface area contributed by atoms with Crippen LogP contribution in [0.5, 0.6) is 0 Å². The highest BCUT2D eigenvalue weighted by Gasteiger charge is 2.22. The van der Waals surface area contributed by atoms with E-state index in [1.54, 1.807) is 11.3 Å². The second-order valence-electron chi connectivity index (χ2n) is 3.91. The zero-order chi connectivity index (χ0) is 10.7. The van der Waals surface area contributed by atoms with E-state index in [1.807, 2.05) is 32.9 Å². The predicted molar refractivity (Wildman–Crippen MR) is 58.7 cm³/mol. The van der Waals surface area contributed by atoms with Crippen LogP contribution in [-0.2, 0) is 11.2 Å². The second-order valence-corrected chi connectivity index (χ2v) is 5.28. The lowest BCUT2D eigenvalue weighted by Gasteiger charge is -2.14. The third-order valence-corrected chi connectivity index (χ3v) is 3.36. The maximum Gasteiger partial charge on any atom is 0.307 e. The quantitative estimate of drug-likeness (QED) is 0.833. The summed E-state index contributed by atoms with van der Waals surface area (Å²) in [4.78, 5) is 13.4. The van der Waals surface area contributed by atoms with Crippen molar-refractivity contribution >= 4 is 17.3 Å². The van der Waals surface area contributed by atoms with Crippen molar-refractivity contribution in [2.24, 2.45) is 11.8 Å². The van der Waals surface area contributed by atoms with Crippen molar-refractivity contribution < 1.29 is 9.90 Å². The molecule has 3 heteroatoms. The minimum absolute atomic E-state index is 0.190. The molecule has 2 nitrogen and oxygen atoms in total. The first-order valence-corrected chi connectivity index (χ1v) is 5.60. The van der Waals surface area contributed by atoms with Crippen LogP contribution >= 0.6 is 11.3 Å². The van der Waals surface area contributed by atoms with Crippen LogP contribution in [0.25, 0.3) is 0 Å². The maximum absolute atomic E-state index is 11.0. The summed E-state index contributed by atoms with van der Waals surface area (Å²) in [5.41, 5.74) is 0. The molecule has 14 heavy (non-hydrogen) atoms. The van der Waals surface area contributed by atoms with Crippen molar-refractivity contribution in [3.8, 4) is 0 Å². The summed E-state index contributed by atoms with van der Waals surface area (Å²) in [6.45, 7) is 5.96. The first-order valence-electron chi connectivity index (χ1n) is 4.79. The molecule has 1 aromatic rings. The Hall–Kier alpha value is -0.830. The van der Waals surface area contributed by atoms with E-state index >= 15 is 0 Å². The smallest absolute Gasteiger partial charge is 0.307 e. The lowest BCUT2D eigenvalue weighted by molar-refractivity contribution is -0.143. The minimum Gasteiger partial charge on any atom is -0.481 e. The third kappa shape index (κ3) is 2.84. The number of hydrogen-bond donors (Lipinski definition) is 1. The largest absolute Gasteiger partial charge is 0.481 e. The topological polar surface area (TPSA) is 37.3 Å². The molecule has 0 aliphatic heterocycles. The van der Waals surface area contributed by atoms with Crippen molar-refractivity contribution in [1.29, 1.82) is 0 Å². The Bertz CT molecular complexity index is 315. The molecule has 1 heterocycles. The van der Waals surface area contributed by atoms with Gasteiger partial charge in [-0.1, -0.05) is 13.8 Å². The van der Waals surface area contributed by atoms with E-state index in [4.69, 9.17) is 5.11 Å². The van der Waals surface area contributed by atoms with Crippen LogP contribution in [0.3, 0.4) is 0 Å². The highest BCUT2D eigenvalue weighted by molar-refractivity contribution is 7.11. The van der Waals surface area contributed by atoms with E-state index < -0.39 is 5.97 Å². The normalized spacial score (nSPS) is 13.1. The van der Waals surface area contributed by atoms with Crippen molar-refractivity contribution in [3.05, 3.63) is 21.9 Å². The molecular weight excluding hydrogens is 196 g/mol. The number of aliphatic carboxylic acids is 1. The number of carbonyl (C=O) groups is 1. The van der Waals surface area contributed by atoms with Crippen LogP contribution in [0.1, 0.15) is 23.6 Å². The first-order chi connectivity index (χ1) is 6.50. The van der Waals surface area contributed by atoms with E-state index in [1.165, 1.54) is 9.75 Å². The monoisotopic (exact) mass is 212 g/mol. The van der Waals surface area contributed by atoms with Crippen LogP contribution in [0.15, 0.2) is 12.1 Å². The zero-order valence-corrected chi connectivity index (χ0v) is 9.60. The molecule has 0 saturated heterocycles.